The number of amides is 1. The Balaban J connectivity index is 1.58. The average Bonchev–Trinajstić information content (AvgIpc) is 3.24. The first-order valence-corrected chi connectivity index (χ1v) is 10.9. The van der Waals surface area contributed by atoms with Crippen molar-refractivity contribution in [2.75, 3.05) is 29.6 Å². The molecule has 1 unspecified atom stereocenters. The lowest BCUT2D eigenvalue weighted by Gasteiger charge is -2.31. The monoisotopic (exact) mass is 433 g/mol. The number of carbonyl (C=O) groups is 1. The Bertz CT molecular complexity index is 812. The zero-order chi connectivity index (χ0) is 17.1. The maximum atomic E-state index is 13.0. The number of anilines is 1. The molecule has 1 saturated carbocycles. The fourth-order valence-corrected chi connectivity index (χ4v) is 6.35. The van der Waals surface area contributed by atoms with Crippen LogP contribution in [0.1, 0.15) is 19.3 Å². The molecule has 5 nitrogen and oxygen atoms in total. The molecule has 1 aromatic rings. The zero-order valence-electron chi connectivity index (χ0n) is 12.9. The molecule has 1 spiro atoms. The second-order valence-electron chi connectivity index (χ2n) is 6.85. The Morgan fingerprint density at radius 3 is 2.75 bits per heavy atom. The molecule has 4 rings (SSSR count). The van der Waals surface area contributed by atoms with Gasteiger partial charge in [-0.1, -0.05) is 27.5 Å². The summed E-state index contributed by atoms with van der Waals surface area (Å²) >= 11 is 9.63. The summed E-state index contributed by atoms with van der Waals surface area (Å²) in [5.41, 5.74) is 0.576. The molecule has 3 aliphatic rings. The lowest BCUT2D eigenvalue weighted by atomic mass is 9.95. The number of rotatable bonds is 1. The van der Waals surface area contributed by atoms with E-state index in [-0.39, 0.29) is 28.7 Å². The molecule has 24 heavy (non-hydrogen) atoms. The van der Waals surface area contributed by atoms with E-state index in [4.69, 9.17) is 16.3 Å². The smallest absolute Gasteiger partial charge is 0.230 e. The second kappa shape index (κ2) is 5.61. The SMILES string of the molecule is O=C(C1CC12CCS(=O)(=O)CC2)N1CCOc2c(Cl)cc(Br)cc21. The maximum absolute atomic E-state index is 13.0. The van der Waals surface area contributed by atoms with Crippen LogP contribution in [0, 0.1) is 11.3 Å². The summed E-state index contributed by atoms with van der Waals surface area (Å²) in [6.07, 6.45) is 1.99. The molecule has 1 saturated heterocycles. The van der Waals surface area contributed by atoms with E-state index in [2.05, 4.69) is 15.9 Å². The lowest BCUT2D eigenvalue weighted by molar-refractivity contribution is -0.120. The minimum atomic E-state index is -2.92. The molecule has 1 atom stereocenters. The van der Waals surface area contributed by atoms with Gasteiger partial charge in [-0.15, -0.1) is 0 Å². The molecule has 2 aliphatic heterocycles. The van der Waals surface area contributed by atoms with E-state index >= 15 is 0 Å². The van der Waals surface area contributed by atoms with Gasteiger partial charge < -0.3 is 9.64 Å². The van der Waals surface area contributed by atoms with Crippen LogP contribution in [0.15, 0.2) is 16.6 Å². The Kier molecular flexibility index (Phi) is 3.89. The minimum absolute atomic E-state index is 0.0630. The molecule has 2 fully saturated rings. The molecule has 0 aromatic heterocycles. The molecule has 1 aliphatic carbocycles. The first-order valence-electron chi connectivity index (χ1n) is 7.95. The molecule has 1 aromatic carbocycles. The number of hydrogen-bond donors (Lipinski definition) is 0. The molecule has 1 amide bonds. The van der Waals surface area contributed by atoms with Crippen LogP contribution in [-0.2, 0) is 14.6 Å². The van der Waals surface area contributed by atoms with Gasteiger partial charge in [-0.2, -0.15) is 0 Å². The highest BCUT2D eigenvalue weighted by Gasteiger charge is 2.60. The van der Waals surface area contributed by atoms with Crippen LogP contribution < -0.4 is 9.64 Å². The van der Waals surface area contributed by atoms with E-state index in [1.165, 1.54) is 0 Å². The summed E-state index contributed by atoms with van der Waals surface area (Å²) in [6.45, 7) is 0.900. The van der Waals surface area contributed by atoms with Gasteiger partial charge in [-0.05, 0) is 36.8 Å². The van der Waals surface area contributed by atoms with Crippen molar-refractivity contribution >= 4 is 49.0 Å². The molecule has 8 heteroatoms. The van der Waals surface area contributed by atoms with Gasteiger partial charge in [0.2, 0.25) is 5.91 Å². The Hall–Kier alpha value is -0.790. The predicted molar refractivity (Wildman–Crippen MR) is 95.4 cm³/mol. The summed E-state index contributed by atoms with van der Waals surface area (Å²) in [7, 11) is -2.92. The van der Waals surface area contributed by atoms with Gasteiger partial charge >= 0.3 is 0 Å². The van der Waals surface area contributed by atoms with Crippen molar-refractivity contribution in [3.63, 3.8) is 0 Å². The van der Waals surface area contributed by atoms with Gasteiger partial charge in [-0.3, -0.25) is 4.79 Å². The van der Waals surface area contributed by atoms with Gasteiger partial charge in [0.05, 0.1) is 28.8 Å². The molecular weight excluding hydrogens is 418 g/mol. The topological polar surface area (TPSA) is 63.7 Å². The minimum Gasteiger partial charge on any atom is -0.488 e. The Labute approximate surface area is 154 Å². The summed E-state index contributed by atoms with van der Waals surface area (Å²) < 4.78 is 29.7. The van der Waals surface area contributed by atoms with Crippen molar-refractivity contribution in [3.05, 3.63) is 21.6 Å². The summed E-state index contributed by atoms with van der Waals surface area (Å²) in [6, 6.07) is 3.59. The Morgan fingerprint density at radius 2 is 2.04 bits per heavy atom. The van der Waals surface area contributed by atoms with E-state index in [9.17, 15) is 13.2 Å². The van der Waals surface area contributed by atoms with Gasteiger partial charge in [0, 0.05) is 10.4 Å². The Morgan fingerprint density at radius 1 is 1.33 bits per heavy atom. The van der Waals surface area contributed by atoms with E-state index in [1.807, 2.05) is 6.07 Å². The summed E-state index contributed by atoms with van der Waals surface area (Å²) in [4.78, 5) is 14.8. The normalized spacial score (nSPS) is 26.6. The van der Waals surface area contributed by atoms with E-state index < -0.39 is 9.84 Å². The van der Waals surface area contributed by atoms with Crippen LogP contribution in [0.2, 0.25) is 5.02 Å². The second-order valence-corrected chi connectivity index (χ2v) is 10.5. The highest BCUT2D eigenvalue weighted by atomic mass is 79.9. The maximum Gasteiger partial charge on any atom is 0.230 e. The van der Waals surface area contributed by atoms with Gasteiger partial charge in [-0.25, -0.2) is 8.42 Å². The quantitative estimate of drug-likeness (QED) is 0.681. The third kappa shape index (κ3) is 2.74. The highest BCUT2D eigenvalue weighted by molar-refractivity contribution is 9.10. The highest BCUT2D eigenvalue weighted by Crippen LogP contribution is 2.61. The van der Waals surface area contributed by atoms with Crippen molar-refractivity contribution in [3.8, 4) is 5.75 Å². The number of hydrogen-bond acceptors (Lipinski definition) is 4. The molecule has 130 valence electrons. The number of fused-ring (bicyclic) bond motifs is 1. The van der Waals surface area contributed by atoms with Crippen LogP contribution in [-0.4, -0.2) is 39.0 Å². The molecular formula is C16H17BrClNO4S. The number of sulfone groups is 1. The molecule has 0 bridgehead atoms. The van der Waals surface area contributed by atoms with Crippen LogP contribution >= 0.6 is 27.5 Å². The number of benzene rings is 1. The lowest BCUT2D eigenvalue weighted by Crippen LogP contribution is -2.40. The average molecular weight is 435 g/mol. The summed E-state index contributed by atoms with van der Waals surface area (Å²) in [5.74, 6) is 0.923. The van der Waals surface area contributed by atoms with Crippen molar-refractivity contribution < 1.29 is 17.9 Å². The molecule has 0 N–H and O–H groups in total. The zero-order valence-corrected chi connectivity index (χ0v) is 16.1. The number of ether oxygens (including phenoxy) is 1. The van der Waals surface area contributed by atoms with E-state index in [0.29, 0.717) is 42.5 Å². The first kappa shape index (κ1) is 16.7. The fraction of sp³-hybridized carbons (Fsp3) is 0.562. The van der Waals surface area contributed by atoms with E-state index in [0.717, 1.165) is 10.9 Å². The number of nitrogens with zero attached hydrogens (tertiary/aromatic N) is 1. The standard InChI is InChI=1S/C16H17BrClNO4S/c17-10-7-12(18)14-13(8-10)19(3-4-23-14)15(20)11-9-16(11)1-5-24(21,22)6-2-16/h7-8,11H,1-6,9H2. The third-order valence-electron chi connectivity index (χ3n) is 5.42. The van der Waals surface area contributed by atoms with Crippen LogP contribution in [0.25, 0.3) is 0 Å². The van der Waals surface area contributed by atoms with Gasteiger partial charge in [0.1, 0.15) is 16.4 Å². The first-order chi connectivity index (χ1) is 11.3. The summed E-state index contributed by atoms with van der Waals surface area (Å²) in [5, 5.41) is 0.478. The van der Waals surface area contributed by atoms with Crippen molar-refractivity contribution in [1.29, 1.82) is 0 Å². The number of carbonyl (C=O) groups excluding carboxylic acids is 1. The third-order valence-corrected chi connectivity index (χ3v) is 7.81. The fourth-order valence-electron chi connectivity index (χ4n) is 3.86. The van der Waals surface area contributed by atoms with E-state index in [1.54, 1.807) is 11.0 Å². The van der Waals surface area contributed by atoms with Gasteiger partial charge in [0.15, 0.2) is 5.75 Å². The predicted octanol–water partition coefficient (Wildman–Crippen LogP) is 3.04. The number of halogens is 2. The molecule has 2 heterocycles. The largest absolute Gasteiger partial charge is 0.488 e. The van der Waals surface area contributed by atoms with Gasteiger partial charge in [0.25, 0.3) is 0 Å². The van der Waals surface area contributed by atoms with Crippen molar-refractivity contribution in [2.45, 2.75) is 19.3 Å². The van der Waals surface area contributed by atoms with Crippen LogP contribution in [0.5, 0.6) is 5.75 Å². The van der Waals surface area contributed by atoms with Crippen molar-refractivity contribution in [1.82, 2.24) is 0 Å². The van der Waals surface area contributed by atoms with Crippen LogP contribution in [0.3, 0.4) is 0 Å². The molecule has 0 radical (unpaired) electrons. The van der Waals surface area contributed by atoms with Crippen molar-refractivity contribution in [2.24, 2.45) is 11.3 Å². The van der Waals surface area contributed by atoms with Crippen LogP contribution in [0.4, 0.5) is 5.69 Å².